The molecular formula is C24H34F2N2O2. The number of hydrogen-bond acceptors (Lipinski definition) is 4. The molecule has 0 atom stereocenters. The minimum Gasteiger partial charge on any atom is -0.507 e. The lowest BCUT2D eigenvalue weighted by molar-refractivity contribution is -0.0499. The van der Waals surface area contributed by atoms with Crippen LogP contribution < -0.4 is 16.2 Å². The van der Waals surface area contributed by atoms with Crippen molar-refractivity contribution in [1.82, 2.24) is 0 Å². The van der Waals surface area contributed by atoms with Crippen LogP contribution in [-0.2, 0) is 6.42 Å². The van der Waals surface area contributed by atoms with Crippen molar-refractivity contribution in [3.05, 3.63) is 40.6 Å². The third kappa shape index (κ3) is 5.27. The van der Waals surface area contributed by atoms with E-state index in [9.17, 15) is 13.9 Å². The lowest BCUT2D eigenvalue weighted by Crippen LogP contribution is -2.17. The largest absolute Gasteiger partial charge is 0.507 e. The first-order valence-corrected chi connectivity index (χ1v) is 11.1. The van der Waals surface area contributed by atoms with E-state index in [-0.39, 0.29) is 11.5 Å². The van der Waals surface area contributed by atoms with Crippen molar-refractivity contribution in [2.24, 2.45) is 23.3 Å². The van der Waals surface area contributed by atoms with Crippen molar-refractivity contribution < 1.29 is 18.6 Å². The number of ether oxygens (including phenoxy) is 1. The molecule has 0 bridgehead atoms. The Hall–Kier alpha value is -2.24. The summed E-state index contributed by atoms with van der Waals surface area (Å²) in [7, 11) is 0. The molecule has 3 rings (SSSR count). The molecule has 166 valence electrons. The molecule has 4 nitrogen and oxygen atoms in total. The molecule has 2 fully saturated rings. The number of nitrogens with two attached hydrogens (primary N) is 2. The standard InChI is InChI=1S/C24H34F2N2O2/c1-2-5-20(18(14-27)11-16-8-4-9-16)23(28)22-17(10-15-6-3-7-15)12-19(13-21(22)29)30-24(25)26/h12-16,24,29H,2-11,27-28H2,1H3/b18-14-,23-20-. The van der Waals surface area contributed by atoms with Crippen molar-refractivity contribution in [3.8, 4) is 11.5 Å². The fraction of sp³-hybridized carbons (Fsp3) is 0.583. The zero-order chi connectivity index (χ0) is 21.7. The molecule has 1 aromatic carbocycles. The Morgan fingerprint density at radius 2 is 1.87 bits per heavy atom. The van der Waals surface area contributed by atoms with E-state index in [0.29, 0.717) is 29.5 Å². The summed E-state index contributed by atoms with van der Waals surface area (Å²) < 4.78 is 30.1. The third-order valence-corrected chi connectivity index (χ3v) is 6.55. The summed E-state index contributed by atoms with van der Waals surface area (Å²) in [4.78, 5) is 0. The van der Waals surface area contributed by atoms with Crippen LogP contribution in [0.5, 0.6) is 11.5 Å². The molecular weight excluding hydrogens is 386 g/mol. The van der Waals surface area contributed by atoms with Crippen molar-refractivity contribution in [3.63, 3.8) is 0 Å². The normalized spacial score (nSPS) is 18.7. The highest BCUT2D eigenvalue weighted by Crippen LogP contribution is 2.41. The van der Waals surface area contributed by atoms with Gasteiger partial charge < -0.3 is 21.3 Å². The van der Waals surface area contributed by atoms with E-state index in [1.807, 2.05) is 0 Å². The molecule has 6 heteroatoms. The van der Waals surface area contributed by atoms with Gasteiger partial charge in [-0.3, -0.25) is 0 Å². The highest BCUT2D eigenvalue weighted by atomic mass is 19.3. The molecule has 5 N–H and O–H groups in total. The monoisotopic (exact) mass is 420 g/mol. The summed E-state index contributed by atoms with van der Waals surface area (Å²) >= 11 is 0. The second-order valence-electron chi connectivity index (χ2n) is 8.69. The molecule has 2 saturated carbocycles. The van der Waals surface area contributed by atoms with Gasteiger partial charge in [0, 0.05) is 17.3 Å². The highest BCUT2D eigenvalue weighted by Gasteiger charge is 2.26. The maximum Gasteiger partial charge on any atom is 0.387 e. The number of benzene rings is 1. The van der Waals surface area contributed by atoms with Gasteiger partial charge in [0.25, 0.3) is 0 Å². The molecule has 0 aromatic heterocycles. The van der Waals surface area contributed by atoms with Crippen LogP contribution in [0.15, 0.2) is 29.5 Å². The first-order chi connectivity index (χ1) is 14.4. The van der Waals surface area contributed by atoms with Crippen LogP contribution in [-0.4, -0.2) is 11.7 Å². The lowest BCUT2D eigenvalue weighted by Gasteiger charge is -2.29. The minimum atomic E-state index is -2.94. The van der Waals surface area contributed by atoms with Crippen LogP contribution in [0.4, 0.5) is 8.78 Å². The topological polar surface area (TPSA) is 81.5 Å². The van der Waals surface area contributed by atoms with E-state index in [2.05, 4.69) is 11.7 Å². The van der Waals surface area contributed by atoms with E-state index < -0.39 is 6.61 Å². The van der Waals surface area contributed by atoms with Gasteiger partial charge in [0.1, 0.15) is 11.5 Å². The van der Waals surface area contributed by atoms with E-state index in [1.54, 1.807) is 12.3 Å². The van der Waals surface area contributed by atoms with Crippen LogP contribution in [0, 0.1) is 11.8 Å². The molecule has 0 spiro atoms. The summed E-state index contributed by atoms with van der Waals surface area (Å²) in [5.41, 5.74) is 16.5. The summed E-state index contributed by atoms with van der Waals surface area (Å²) in [6.07, 6.45) is 11.9. The Balaban J connectivity index is 2.03. The van der Waals surface area contributed by atoms with Gasteiger partial charge in [0.05, 0.1) is 0 Å². The maximum atomic E-state index is 12.8. The molecule has 0 amide bonds. The first kappa shape index (κ1) is 22.4. The number of rotatable bonds is 10. The number of aromatic hydroxyl groups is 1. The zero-order valence-corrected chi connectivity index (χ0v) is 17.8. The second-order valence-corrected chi connectivity index (χ2v) is 8.69. The van der Waals surface area contributed by atoms with Crippen LogP contribution in [0.3, 0.4) is 0 Å². The SMILES string of the molecule is CCCC(/C(=C\N)CC1CCC1)=C(/N)c1c(O)cc(OC(F)F)cc1CC1CCC1. The number of allylic oxidation sites excluding steroid dienone is 2. The van der Waals surface area contributed by atoms with Crippen LogP contribution in [0.25, 0.3) is 5.70 Å². The Morgan fingerprint density at radius 1 is 1.20 bits per heavy atom. The Bertz CT molecular complexity index is 797. The van der Waals surface area contributed by atoms with E-state index in [1.165, 1.54) is 31.7 Å². The van der Waals surface area contributed by atoms with Crippen molar-refractivity contribution in [2.75, 3.05) is 0 Å². The fourth-order valence-electron chi connectivity index (χ4n) is 4.48. The van der Waals surface area contributed by atoms with Crippen molar-refractivity contribution in [2.45, 2.75) is 77.7 Å². The van der Waals surface area contributed by atoms with Gasteiger partial charge in [-0.1, -0.05) is 51.9 Å². The van der Waals surface area contributed by atoms with Crippen LogP contribution in [0.1, 0.15) is 75.8 Å². The summed E-state index contributed by atoms with van der Waals surface area (Å²) in [5.74, 6) is 0.958. The molecule has 1 aromatic rings. The maximum absolute atomic E-state index is 12.8. The Kier molecular flexibility index (Phi) is 7.62. The molecule has 0 saturated heterocycles. The number of phenolic OH excluding ortho intramolecular Hbond substituents is 1. The second kappa shape index (κ2) is 10.2. The smallest absolute Gasteiger partial charge is 0.387 e. The number of halogens is 2. The van der Waals surface area contributed by atoms with Crippen LogP contribution >= 0.6 is 0 Å². The Labute approximate surface area is 178 Å². The average Bonchev–Trinajstić information content (AvgIpc) is 2.61. The predicted octanol–water partition coefficient (Wildman–Crippen LogP) is 5.84. The highest BCUT2D eigenvalue weighted by molar-refractivity contribution is 5.77. The lowest BCUT2D eigenvalue weighted by atomic mass is 9.77. The minimum absolute atomic E-state index is 0.0329. The van der Waals surface area contributed by atoms with Crippen molar-refractivity contribution >= 4 is 5.70 Å². The van der Waals surface area contributed by atoms with E-state index in [0.717, 1.165) is 48.8 Å². The summed E-state index contributed by atoms with van der Waals surface area (Å²) in [6, 6.07) is 2.84. The molecule has 0 heterocycles. The number of phenols is 1. The molecule has 0 unspecified atom stereocenters. The van der Waals surface area contributed by atoms with Gasteiger partial charge in [0.2, 0.25) is 0 Å². The van der Waals surface area contributed by atoms with E-state index >= 15 is 0 Å². The molecule has 0 aliphatic heterocycles. The van der Waals surface area contributed by atoms with E-state index in [4.69, 9.17) is 11.5 Å². The predicted molar refractivity (Wildman–Crippen MR) is 116 cm³/mol. The molecule has 2 aliphatic carbocycles. The van der Waals surface area contributed by atoms with Gasteiger partial charge in [0.15, 0.2) is 0 Å². The van der Waals surface area contributed by atoms with Gasteiger partial charge in [-0.15, -0.1) is 0 Å². The first-order valence-electron chi connectivity index (χ1n) is 11.1. The number of hydrogen-bond donors (Lipinski definition) is 3. The summed E-state index contributed by atoms with van der Waals surface area (Å²) in [6.45, 7) is -0.857. The van der Waals surface area contributed by atoms with Gasteiger partial charge >= 0.3 is 6.61 Å². The van der Waals surface area contributed by atoms with Gasteiger partial charge in [-0.05, 0) is 60.1 Å². The van der Waals surface area contributed by atoms with Gasteiger partial charge in [-0.2, -0.15) is 8.78 Å². The van der Waals surface area contributed by atoms with Gasteiger partial charge in [-0.25, -0.2) is 0 Å². The quantitative estimate of drug-likeness (QED) is 0.415. The molecule has 2 aliphatic rings. The third-order valence-electron chi connectivity index (χ3n) is 6.55. The Morgan fingerprint density at radius 3 is 2.37 bits per heavy atom. The molecule has 30 heavy (non-hydrogen) atoms. The number of alkyl halides is 2. The molecule has 0 radical (unpaired) electrons. The fourth-order valence-corrected chi connectivity index (χ4v) is 4.48. The summed E-state index contributed by atoms with van der Waals surface area (Å²) in [5, 5.41) is 10.8. The zero-order valence-electron chi connectivity index (χ0n) is 17.8. The average molecular weight is 421 g/mol. The van der Waals surface area contributed by atoms with Crippen LogP contribution in [0.2, 0.25) is 0 Å². The van der Waals surface area contributed by atoms with Crippen molar-refractivity contribution in [1.29, 1.82) is 0 Å².